The van der Waals surface area contributed by atoms with Crippen molar-refractivity contribution in [3.05, 3.63) is 129 Å². The summed E-state index contributed by atoms with van der Waals surface area (Å²) in [4.78, 5) is 79.9. The van der Waals surface area contributed by atoms with Gasteiger partial charge in [0, 0.05) is 142 Å². The SMILES string of the molecule is CCC1=C[C@@H]2CN(C1)Cc1c([nH]c3ccccc13)[C@@](C(=O)OC)(c1cc3c(cc1OC)N(C)[C@H]1[C@@](O)(C(=O)OC)[C@H](OC(C)=O)[C@]4(CC)C=CCN5CC[C@]31[C@@H]54)C2.Cl.Cl.O=C1c2c(O)ccc(O)c2C(=O)c2c(NCCNCCO)ccc(NCCNCCO)c21. The van der Waals surface area contributed by atoms with E-state index in [1.807, 2.05) is 37.1 Å². The number of hydrogen-bond acceptors (Lipinski definition) is 21. The van der Waals surface area contributed by atoms with Gasteiger partial charge in [-0.1, -0.05) is 55.8 Å². The summed E-state index contributed by atoms with van der Waals surface area (Å²) in [7, 11) is 6.22. The molecule has 5 aromatic rings. The number of methoxy groups -OCH3 is 3. The van der Waals surface area contributed by atoms with Crippen LogP contribution in [0.15, 0.2) is 84.5 Å². The highest BCUT2D eigenvalue weighted by Crippen LogP contribution is 2.68. The number of aliphatic hydroxyl groups excluding tert-OH is 2. The first-order valence-electron chi connectivity index (χ1n) is 30.8. The van der Waals surface area contributed by atoms with Gasteiger partial charge in [-0.05, 0) is 85.7 Å². The second kappa shape index (κ2) is 27.1. The molecular formula is C67H84Cl2N8O14. The number of phenols is 2. The number of hydrogen-bond donors (Lipinski definition) is 10. The van der Waals surface area contributed by atoms with Crippen LogP contribution < -0.4 is 30.9 Å². The van der Waals surface area contributed by atoms with Crippen molar-refractivity contribution in [2.24, 2.45) is 11.3 Å². The van der Waals surface area contributed by atoms with Gasteiger partial charge in [-0.3, -0.25) is 29.0 Å². The number of likely N-dealkylation sites (N-methyl/N-ethyl adjacent to an activating group) is 1. The Morgan fingerprint density at radius 2 is 1.40 bits per heavy atom. The zero-order chi connectivity index (χ0) is 63.3. The molecule has 5 aliphatic heterocycles. The highest BCUT2D eigenvalue weighted by atomic mass is 35.5. The van der Waals surface area contributed by atoms with Crippen LogP contribution >= 0.6 is 24.8 Å². The van der Waals surface area contributed by atoms with E-state index in [0.717, 1.165) is 52.9 Å². The molecule has 22 nitrogen and oxygen atoms in total. The number of H-pyrrole nitrogens is 1. The Morgan fingerprint density at radius 3 is 1.97 bits per heavy atom. The first-order chi connectivity index (χ1) is 42.9. The lowest BCUT2D eigenvalue weighted by Gasteiger charge is -2.63. The Morgan fingerprint density at radius 1 is 0.769 bits per heavy atom. The van der Waals surface area contributed by atoms with Gasteiger partial charge >= 0.3 is 17.9 Å². The lowest BCUT2D eigenvalue weighted by atomic mass is 9.47. The van der Waals surface area contributed by atoms with Crippen molar-refractivity contribution < 1.29 is 68.5 Å². The maximum absolute atomic E-state index is 15.2. The van der Waals surface area contributed by atoms with Crippen LogP contribution in [-0.2, 0) is 46.0 Å². The van der Waals surface area contributed by atoms with E-state index in [1.54, 1.807) is 19.2 Å². The number of aromatic amines is 1. The van der Waals surface area contributed by atoms with Gasteiger partial charge in [0.1, 0.15) is 22.7 Å². The number of rotatable bonds is 19. The predicted octanol–water partition coefficient (Wildman–Crippen LogP) is 5.46. The number of aromatic hydroxyl groups is 2. The number of ketones is 2. The Balaban J connectivity index is 0.000000246. The highest BCUT2D eigenvalue weighted by molar-refractivity contribution is 6.33. The van der Waals surface area contributed by atoms with Crippen LogP contribution in [0.4, 0.5) is 17.1 Å². The topological polar surface area (TPSA) is 297 Å². The normalized spacial score (nSPS) is 26.2. The number of phenolic OH excluding ortho intramolecular Hbond substituents is 2. The summed E-state index contributed by atoms with van der Waals surface area (Å²) in [5, 5.41) is 64.9. The summed E-state index contributed by atoms with van der Waals surface area (Å²) in [5.41, 5.74) is 1.73. The Bertz CT molecular complexity index is 3610. The van der Waals surface area contributed by atoms with Gasteiger partial charge in [-0.2, -0.15) is 0 Å². The molecule has 0 amide bonds. The van der Waals surface area contributed by atoms with Crippen LogP contribution in [-0.4, -0.2) is 201 Å². The molecule has 490 valence electrons. The number of para-hydroxylation sites is 1. The largest absolute Gasteiger partial charge is 0.507 e. The second-order valence-electron chi connectivity index (χ2n) is 24.4. The molecule has 1 unspecified atom stereocenters. The molecule has 91 heavy (non-hydrogen) atoms. The van der Waals surface area contributed by atoms with Gasteiger partial charge in [0.15, 0.2) is 6.10 Å². The molecule has 4 aromatic carbocycles. The smallest absolute Gasteiger partial charge is 0.344 e. The average molecular weight is 1300 g/mol. The molecule has 0 radical (unpaired) electrons. The highest BCUT2D eigenvalue weighted by Gasteiger charge is 2.80. The number of nitrogens with one attached hydrogen (secondary N) is 5. The fraction of sp³-hybridized carbons (Fsp3) is 0.478. The van der Waals surface area contributed by atoms with Crippen molar-refractivity contribution in [1.82, 2.24) is 25.4 Å². The van der Waals surface area contributed by atoms with E-state index < -0.39 is 57.5 Å². The van der Waals surface area contributed by atoms with Gasteiger partial charge in [0.2, 0.25) is 17.2 Å². The van der Waals surface area contributed by atoms with Crippen LogP contribution in [0.3, 0.4) is 0 Å². The molecule has 2 bridgehead atoms. The molecule has 1 saturated heterocycles. The lowest BCUT2D eigenvalue weighted by molar-refractivity contribution is -0.228. The number of carbonyl (C=O) groups is 5. The number of fused-ring (bicyclic) bond motifs is 8. The number of aromatic nitrogens is 1. The van der Waals surface area contributed by atoms with Crippen LogP contribution in [0.5, 0.6) is 17.2 Å². The van der Waals surface area contributed by atoms with Crippen molar-refractivity contribution in [2.75, 3.05) is 123 Å². The van der Waals surface area contributed by atoms with E-state index in [1.165, 1.54) is 38.8 Å². The van der Waals surface area contributed by atoms with Gasteiger partial charge in [0.25, 0.3) is 0 Å². The summed E-state index contributed by atoms with van der Waals surface area (Å²) in [6, 6.07) is 16.9. The first kappa shape index (κ1) is 68.1. The second-order valence-corrected chi connectivity index (χ2v) is 24.4. The van der Waals surface area contributed by atoms with Crippen LogP contribution in [0.2, 0.25) is 0 Å². The van der Waals surface area contributed by atoms with Crippen molar-refractivity contribution in [3.63, 3.8) is 0 Å². The molecule has 12 rings (SSSR count). The van der Waals surface area contributed by atoms with Gasteiger partial charge in [0.05, 0.1) is 62.8 Å². The first-order valence-corrected chi connectivity index (χ1v) is 30.8. The van der Waals surface area contributed by atoms with E-state index in [-0.39, 0.29) is 89.7 Å². The molecule has 2 aliphatic carbocycles. The molecular weight excluding hydrogens is 1210 g/mol. The number of halogens is 2. The van der Waals surface area contributed by atoms with Gasteiger partial charge < -0.3 is 75.6 Å². The molecule has 1 aromatic heterocycles. The van der Waals surface area contributed by atoms with Crippen molar-refractivity contribution >= 4 is 82.3 Å². The molecule has 9 atom stereocenters. The van der Waals surface area contributed by atoms with Crippen molar-refractivity contribution in [1.29, 1.82) is 0 Å². The van der Waals surface area contributed by atoms with E-state index in [4.69, 9.17) is 29.2 Å². The van der Waals surface area contributed by atoms with Crippen LogP contribution in [0.25, 0.3) is 10.9 Å². The standard InChI is InChI=1S/C45H54N4O8.C22H28N4O6.2ClH/c1-8-27-19-28-22-44(40(51)55-6,36-30(25-48(23-27)24-28)29-13-10-11-14-33(29)46-36)32-20-31-34(21-35(32)54-5)47(4)38-43(31)16-18-49-17-12-15-42(9-2,37(43)49)39(57-26(3)50)45(38,53)41(52)56-7;27-11-9-23-5-7-25-13-1-2-14(26-8-6-24-10-12-28)18-17(13)21(31)19-15(29)3-4-16(30)20(19)22(18)32;;/h10-15,19-21,28,37-39,46,53H,8-9,16-18,22-25H2,1-7H3;1-4,23-30H,5-12H2;2*1H/t28-,37-,38+,39+,42+,43+,44-,45-;;;/m0.../s1. The van der Waals surface area contributed by atoms with Crippen molar-refractivity contribution in [2.45, 2.75) is 87.6 Å². The molecule has 6 heterocycles. The van der Waals surface area contributed by atoms with E-state index in [9.17, 15) is 34.5 Å². The van der Waals surface area contributed by atoms with Gasteiger partial charge in [-0.25, -0.2) is 4.79 Å². The maximum Gasteiger partial charge on any atom is 0.344 e. The molecule has 1 saturated carbocycles. The molecule has 1 spiro atoms. The minimum atomic E-state index is -2.27. The fourth-order valence-corrected chi connectivity index (χ4v) is 16.5. The third-order valence-electron chi connectivity index (χ3n) is 19.8. The summed E-state index contributed by atoms with van der Waals surface area (Å²) in [6.07, 6.45) is 7.67. The number of carbonyl (C=O) groups excluding carboxylic acids is 5. The summed E-state index contributed by atoms with van der Waals surface area (Å²) < 4.78 is 23.9. The molecule has 24 heteroatoms. The zero-order valence-corrected chi connectivity index (χ0v) is 54.0. The number of aliphatic hydroxyl groups is 3. The minimum absolute atomic E-state index is 0. The molecule has 7 aliphatic rings. The Hall–Kier alpha value is -7.25. The van der Waals surface area contributed by atoms with E-state index >= 15 is 4.79 Å². The number of ether oxygens (including phenoxy) is 4. The number of anilines is 3. The third kappa shape index (κ3) is 10.9. The summed E-state index contributed by atoms with van der Waals surface area (Å²) in [6.45, 7) is 12.0. The third-order valence-corrected chi connectivity index (χ3v) is 19.8. The van der Waals surface area contributed by atoms with E-state index in [0.29, 0.717) is 101 Å². The molecule has 10 N–H and O–H groups in total. The minimum Gasteiger partial charge on any atom is -0.507 e. The van der Waals surface area contributed by atoms with Crippen molar-refractivity contribution in [3.8, 4) is 17.2 Å². The Kier molecular flexibility index (Phi) is 20.3. The zero-order valence-electron chi connectivity index (χ0n) is 52.4. The average Bonchev–Trinajstić information content (AvgIpc) is 1.51. The lowest BCUT2D eigenvalue weighted by Crippen LogP contribution is -2.81. The fourth-order valence-electron chi connectivity index (χ4n) is 16.5. The number of benzene rings is 4. The predicted molar refractivity (Wildman–Crippen MR) is 349 cm³/mol. The quantitative estimate of drug-likeness (QED) is 0.0158. The van der Waals surface area contributed by atoms with E-state index in [2.05, 4.69) is 79.4 Å². The summed E-state index contributed by atoms with van der Waals surface area (Å²) >= 11 is 0. The van der Waals surface area contributed by atoms with Crippen LogP contribution in [0, 0.1) is 11.3 Å². The maximum atomic E-state index is 15.2. The monoisotopic (exact) mass is 1290 g/mol. The Labute approximate surface area is 541 Å². The summed E-state index contributed by atoms with van der Waals surface area (Å²) in [5.74, 6) is -3.17. The molecule has 2 fully saturated rings. The van der Waals surface area contributed by atoms with Crippen LogP contribution in [0.1, 0.15) is 101 Å². The van der Waals surface area contributed by atoms with Gasteiger partial charge in [-0.15, -0.1) is 24.8 Å². The number of nitrogens with zero attached hydrogens (tertiary/aromatic N) is 3. The number of esters is 3.